The molecule has 0 spiro atoms. The number of hydrogen-bond donors (Lipinski definition) is 0. The van der Waals surface area contributed by atoms with Crippen LogP contribution < -0.4 is 0 Å². The topological polar surface area (TPSA) is 52.5 Å². The van der Waals surface area contributed by atoms with Gasteiger partial charge in [-0.3, -0.25) is 0 Å². The molecule has 1 heterocycles. The molecule has 6 aromatic rings. The van der Waals surface area contributed by atoms with Crippen molar-refractivity contribution in [3.63, 3.8) is 0 Å². The van der Waals surface area contributed by atoms with Crippen LogP contribution in [0.3, 0.4) is 0 Å². The second kappa shape index (κ2) is 11.1. The first-order valence-corrected chi connectivity index (χ1v) is 16.2. The fourth-order valence-corrected chi connectivity index (χ4v) is 7.93. The second-order valence-corrected chi connectivity index (χ2v) is 12.6. The molecular weight excluding hydrogens is 558 g/mol. The van der Waals surface area contributed by atoms with Gasteiger partial charge in [0, 0.05) is 16.3 Å². The number of nitrogens with zero attached hydrogens (tertiary/aromatic N) is 3. The van der Waals surface area contributed by atoms with Crippen molar-refractivity contribution in [2.75, 3.05) is 0 Å². The van der Waals surface area contributed by atoms with Crippen LogP contribution in [-0.4, -0.2) is 4.57 Å². The highest BCUT2D eigenvalue weighted by molar-refractivity contribution is 6.09. The Balaban J connectivity index is 1.37. The van der Waals surface area contributed by atoms with Crippen LogP contribution >= 0.6 is 0 Å². The molecule has 220 valence electrons. The van der Waals surface area contributed by atoms with E-state index in [1.54, 1.807) is 0 Å². The van der Waals surface area contributed by atoms with Crippen LogP contribution in [0.15, 0.2) is 109 Å². The molecule has 0 saturated heterocycles. The predicted octanol–water partition coefficient (Wildman–Crippen LogP) is 10.8. The van der Waals surface area contributed by atoms with E-state index in [0.717, 1.165) is 54.4 Å². The van der Waals surface area contributed by atoms with E-state index in [9.17, 15) is 10.5 Å². The van der Waals surface area contributed by atoms with Gasteiger partial charge in [0.05, 0.1) is 40.0 Å². The van der Waals surface area contributed by atoms with Gasteiger partial charge in [-0.05, 0) is 114 Å². The molecule has 46 heavy (non-hydrogen) atoms. The van der Waals surface area contributed by atoms with Gasteiger partial charge >= 0.3 is 0 Å². The largest absolute Gasteiger partial charge is 0.309 e. The van der Waals surface area contributed by atoms with Gasteiger partial charge in [0.1, 0.15) is 0 Å². The maximum atomic E-state index is 10.5. The Morgan fingerprint density at radius 3 is 2.22 bits per heavy atom. The highest BCUT2D eigenvalue weighted by atomic mass is 15.0. The van der Waals surface area contributed by atoms with E-state index in [1.807, 2.05) is 24.3 Å². The van der Waals surface area contributed by atoms with E-state index >= 15 is 0 Å². The zero-order chi connectivity index (χ0) is 31.4. The minimum absolute atomic E-state index is 0.699. The summed E-state index contributed by atoms with van der Waals surface area (Å²) in [7, 11) is 0. The Morgan fingerprint density at radius 2 is 1.50 bits per heavy atom. The van der Waals surface area contributed by atoms with Crippen LogP contribution in [0.25, 0.3) is 49.8 Å². The fourth-order valence-electron chi connectivity index (χ4n) is 7.93. The number of aromatic nitrogens is 1. The van der Waals surface area contributed by atoms with Gasteiger partial charge in [0.2, 0.25) is 0 Å². The minimum atomic E-state index is 0.699. The van der Waals surface area contributed by atoms with Crippen molar-refractivity contribution in [3.8, 4) is 29.0 Å². The van der Waals surface area contributed by atoms with Crippen LogP contribution in [0, 0.1) is 29.6 Å². The third-order valence-corrected chi connectivity index (χ3v) is 9.94. The summed E-state index contributed by atoms with van der Waals surface area (Å²) < 4.78 is 2.35. The second-order valence-electron chi connectivity index (χ2n) is 12.6. The molecule has 2 aliphatic carbocycles. The number of para-hydroxylation sites is 2. The third kappa shape index (κ3) is 4.24. The van der Waals surface area contributed by atoms with Gasteiger partial charge in [0.25, 0.3) is 0 Å². The molecule has 1 aromatic heterocycles. The molecule has 0 bridgehead atoms. The Kier molecular flexibility index (Phi) is 6.70. The first kappa shape index (κ1) is 27.9. The summed E-state index contributed by atoms with van der Waals surface area (Å²) in [6, 6.07) is 38.8. The molecule has 3 nitrogen and oxygen atoms in total. The molecule has 0 atom stereocenters. The van der Waals surface area contributed by atoms with Crippen LogP contribution in [0.2, 0.25) is 0 Å². The highest BCUT2D eigenvalue weighted by Crippen LogP contribution is 2.47. The summed E-state index contributed by atoms with van der Waals surface area (Å²) in [6.07, 6.45) is 7.27. The van der Waals surface area contributed by atoms with Gasteiger partial charge in [-0.2, -0.15) is 10.5 Å². The Labute approximate surface area is 270 Å². The summed E-state index contributed by atoms with van der Waals surface area (Å²) in [5, 5.41) is 22.5. The maximum absolute atomic E-state index is 10.5. The van der Waals surface area contributed by atoms with Crippen molar-refractivity contribution in [2.24, 2.45) is 0 Å². The van der Waals surface area contributed by atoms with E-state index in [0.29, 0.717) is 11.1 Å². The molecule has 0 radical (unpaired) electrons. The lowest BCUT2D eigenvalue weighted by atomic mass is 9.79. The van der Waals surface area contributed by atoms with Crippen molar-refractivity contribution in [1.82, 2.24) is 4.57 Å². The summed E-state index contributed by atoms with van der Waals surface area (Å²) in [4.78, 5) is 0. The van der Waals surface area contributed by atoms with Crippen molar-refractivity contribution in [1.29, 1.82) is 10.5 Å². The Hall–Kier alpha value is -5.64. The molecular formula is C43H33N3. The molecule has 3 heteroatoms. The quantitative estimate of drug-likeness (QED) is 0.200. The molecule has 0 N–H and O–H groups in total. The molecule has 2 aliphatic rings. The average Bonchev–Trinajstić information content (AvgIpc) is 3.63. The number of benzene rings is 5. The Bertz CT molecular complexity index is 2330. The highest BCUT2D eigenvalue weighted by Gasteiger charge is 2.28. The van der Waals surface area contributed by atoms with Gasteiger partial charge in [-0.15, -0.1) is 0 Å². The lowest BCUT2D eigenvalue weighted by Crippen LogP contribution is -2.07. The maximum Gasteiger partial charge on any atom is 0.0998 e. The average molecular weight is 592 g/mol. The van der Waals surface area contributed by atoms with Crippen molar-refractivity contribution in [3.05, 3.63) is 148 Å². The molecule has 8 rings (SSSR count). The van der Waals surface area contributed by atoms with Crippen molar-refractivity contribution < 1.29 is 0 Å². The van der Waals surface area contributed by atoms with Gasteiger partial charge < -0.3 is 4.57 Å². The summed E-state index contributed by atoms with van der Waals surface area (Å²) in [5.74, 6) is 0. The third-order valence-electron chi connectivity index (χ3n) is 9.94. The van der Waals surface area contributed by atoms with E-state index in [2.05, 4.69) is 109 Å². The van der Waals surface area contributed by atoms with E-state index in [-0.39, 0.29) is 0 Å². The van der Waals surface area contributed by atoms with E-state index < -0.39 is 0 Å². The van der Waals surface area contributed by atoms with Crippen LogP contribution in [0.1, 0.15) is 71.6 Å². The monoisotopic (exact) mass is 591 g/mol. The number of aryl methyl sites for hydroxylation is 1. The van der Waals surface area contributed by atoms with Crippen LogP contribution in [0.5, 0.6) is 0 Å². The summed E-state index contributed by atoms with van der Waals surface area (Å²) in [6.45, 7) is 4.49. The first-order chi connectivity index (χ1) is 22.6. The summed E-state index contributed by atoms with van der Waals surface area (Å²) >= 11 is 0. The number of fused-ring (bicyclic) bond motifs is 6. The standard InChI is InChI=1S/C43H33N3/c1-3-9-29-19-20-31(24-37(29)42-27(2)16-21-33-36-22-28(25-44)17-18-30(36)23-38(33)42)43-32(26-45)10-8-15-41(43)46-39-13-6-4-11-34(39)35-12-5-7-14-40(35)46/h4-8,10-18,21-22,24H,3,9,19-20,23H2,1-2H3. The molecule has 0 amide bonds. The molecule has 0 fully saturated rings. The van der Waals surface area contributed by atoms with Gasteiger partial charge in [0.15, 0.2) is 0 Å². The molecule has 0 aliphatic heterocycles. The number of nitriles is 2. The summed E-state index contributed by atoms with van der Waals surface area (Å²) in [5.41, 5.74) is 17.4. The SMILES string of the molecule is CCCC1=C(c2c(C)ccc3c2Cc2ccc(C#N)cc2-3)C=C(c2c(C#N)cccc2-n2c3ccccc3c3ccccc32)CC1. The first-order valence-electron chi connectivity index (χ1n) is 16.2. The molecule has 0 saturated carbocycles. The number of allylic oxidation sites excluding steroid dienone is 4. The van der Waals surface area contributed by atoms with Crippen LogP contribution in [0.4, 0.5) is 0 Å². The zero-order valence-corrected chi connectivity index (χ0v) is 26.2. The van der Waals surface area contributed by atoms with Crippen molar-refractivity contribution >= 4 is 33.0 Å². The zero-order valence-electron chi connectivity index (χ0n) is 26.2. The normalized spacial score (nSPS) is 13.8. The lowest BCUT2D eigenvalue weighted by molar-refractivity contribution is 0.830. The number of rotatable bonds is 5. The smallest absolute Gasteiger partial charge is 0.0998 e. The van der Waals surface area contributed by atoms with Crippen LogP contribution in [-0.2, 0) is 6.42 Å². The van der Waals surface area contributed by atoms with Gasteiger partial charge in [-0.25, -0.2) is 0 Å². The fraction of sp³-hybridized carbons (Fsp3) is 0.163. The van der Waals surface area contributed by atoms with E-state index in [1.165, 1.54) is 60.9 Å². The van der Waals surface area contributed by atoms with E-state index in [4.69, 9.17) is 0 Å². The number of hydrogen-bond acceptors (Lipinski definition) is 2. The molecule has 5 aromatic carbocycles. The molecule has 0 unspecified atom stereocenters. The Morgan fingerprint density at radius 1 is 0.739 bits per heavy atom. The van der Waals surface area contributed by atoms with Crippen molar-refractivity contribution in [2.45, 2.75) is 46.0 Å². The van der Waals surface area contributed by atoms with Gasteiger partial charge in [-0.1, -0.05) is 85.7 Å². The predicted molar refractivity (Wildman–Crippen MR) is 189 cm³/mol. The minimum Gasteiger partial charge on any atom is -0.309 e. The lowest BCUT2D eigenvalue weighted by Gasteiger charge is -2.26.